The molecule has 2 aliphatic rings. The molecule has 0 heterocycles. The van der Waals surface area contributed by atoms with Crippen LogP contribution in [0.15, 0.2) is 0 Å². The minimum Gasteiger partial charge on any atom is -0.198 e. The molecule has 1 heteroatoms. The molecule has 0 amide bonds. The van der Waals surface area contributed by atoms with E-state index in [9.17, 15) is 0 Å². The average Bonchev–Trinajstić information content (AvgIpc) is 2.44. The molecule has 2 fully saturated rings. The van der Waals surface area contributed by atoms with Crippen LogP contribution < -0.4 is 0 Å². The van der Waals surface area contributed by atoms with Crippen molar-refractivity contribution in [3.8, 4) is 6.07 Å². The van der Waals surface area contributed by atoms with Crippen molar-refractivity contribution in [2.75, 3.05) is 0 Å². The molecular weight excluding hydrogens is 110 g/mol. The van der Waals surface area contributed by atoms with E-state index in [4.69, 9.17) is 5.26 Å². The average molecular weight is 121 g/mol. The largest absolute Gasteiger partial charge is 0.198 e. The van der Waals surface area contributed by atoms with E-state index >= 15 is 0 Å². The van der Waals surface area contributed by atoms with Gasteiger partial charge in [0.15, 0.2) is 0 Å². The van der Waals surface area contributed by atoms with Crippen LogP contribution in [0.5, 0.6) is 0 Å². The Labute approximate surface area is 55.7 Å². The van der Waals surface area contributed by atoms with E-state index in [1.54, 1.807) is 0 Å². The Morgan fingerprint density at radius 1 is 1.33 bits per heavy atom. The molecule has 0 aliphatic heterocycles. The fourth-order valence-corrected chi connectivity index (χ4v) is 1.95. The summed E-state index contributed by atoms with van der Waals surface area (Å²) in [5.74, 6) is 0.410. The highest BCUT2D eigenvalue weighted by atomic mass is 14.5. The van der Waals surface area contributed by atoms with Gasteiger partial charge in [0.2, 0.25) is 0 Å². The molecule has 0 aromatic rings. The minimum absolute atomic E-state index is 0.410. The van der Waals surface area contributed by atoms with E-state index in [0.717, 1.165) is 0 Å². The molecule has 0 aromatic carbocycles. The normalized spacial score (nSPS) is 36.6. The van der Waals surface area contributed by atoms with Crippen LogP contribution in [-0.4, -0.2) is 0 Å². The Morgan fingerprint density at radius 2 is 2.11 bits per heavy atom. The predicted octanol–water partition coefficient (Wildman–Crippen LogP) is 2.09. The van der Waals surface area contributed by atoms with E-state index < -0.39 is 0 Å². The van der Waals surface area contributed by atoms with Gasteiger partial charge in [-0.15, -0.1) is 0 Å². The number of nitrogens with zero attached hydrogens (tertiary/aromatic N) is 1. The van der Waals surface area contributed by atoms with Crippen LogP contribution >= 0.6 is 0 Å². The van der Waals surface area contributed by atoms with Gasteiger partial charge in [0, 0.05) is 5.92 Å². The van der Waals surface area contributed by atoms with Crippen molar-refractivity contribution in [3.05, 3.63) is 0 Å². The first-order valence-electron chi connectivity index (χ1n) is 3.74. The van der Waals surface area contributed by atoms with Gasteiger partial charge in [-0.3, -0.25) is 0 Å². The second-order valence-electron chi connectivity index (χ2n) is 3.57. The fraction of sp³-hybridized carbons (Fsp3) is 0.875. The summed E-state index contributed by atoms with van der Waals surface area (Å²) in [4.78, 5) is 0. The summed E-state index contributed by atoms with van der Waals surface area (Å²) >= 11 is 0. The smallest absolute Gasteiger partial charge is 0.0655 e. The monoisotopic (exact) mass is 121 g/mol. The summed E-state index contributed by atoms with van der Waals surface area (Å²) in [6.07, 6.45) is 6.54. The van der Waals surface area contributed by atoms with Gasteiger partial charge < -0.3 is 0 Å². The van der Waals surface area contributed by atoms with Crippen molar-refractivity contribution in [2.45, 2.75) is 32.1 Å². The minimum atomic E-state index is 0.410. The van der Waals surface area contributed by atoms with Crippen LogP contribution in [0.4, 0.5) is 0 Å². The second-order valence-corrected chi connectivity index (χ2v) is 3.57. The third-order valence-electron chi connectivity index (χ3n) is 2.84. The van der Waals surface area contributed by atoms with Gasteiger partial charge in [-0.2, -0.15) is 5.26 Å². The predicted molar refractivity (Wildman–Crippen MR) is 34.6 cm³/mol. The van der Waals surface area contributed by atoms with Crippen molar-refractivity contribution in [3.63, 3.8) is 0 Å². The van der Waals surface area contributed by atoms with Crippen molar-refractivity contribution in [1.29, 1.82) is 5.26 Å². The Bertz CT molecular complexity index is 162. The zero-order chi connectivity index (χ0) is 6.32. The first-order chi connectivity index (χ1) is 4.35. The maximum Gasteiger partial charge on any atom is 0.0655 e. The highest BCUT2D eigenvalue weighted by Crippen LogP contribution is 2.59. The molecule has 48 valence electrons. The third-order valence-corrected chi connectivity index (χ3v) is 2.84. The van der Waals surface area contributed by atoms with E-state index in [0.29, 0.717) is 11.3 Å². The molecule has 2 saturated carbocycles. The van der Waals surface area contributed by atoms with Crippen molar-refractivity contribution < 1.29 is 0 Å². The molecule has 2 rings (SSSR count). The van der Waals surface area contributed by atoms with E-state index in [1.165, 1.54) is 32.1 Å². The van der Waals surface area contributed by atoms with Gasteiger partial charge in [0.1, 0.15) is 0 Å². The number of rotatable bonds is 0. The van der Waals surface area contributed by atoms with Crippen LogP contribution in [0.1, 0.15) is 32.1 Å². The lowest BCUT2D eigenvalue weighted by Gasteiger charge is -1.99. The first-order valence-corrected chi connectivity index (χ1v) is 3.74. The van der Waals surface area contributed by atoms with Gasteiger partial charge in [-0.25, -0.2) is 0 Å². The molecule has 9 heavy (non-hydrogen) atoms. The molecule has 0 bridgehead atoms. The van der Waals surface area contributed by atoms with Crippen LogP contribution in [0.3, 0.4) is 0 Å². The standard InChI is InChI=1S/C8H11N/c9-6-7-1-2-8(5-7)3-4-8/h7H,1-5H2/t7-/m0/s1. The lowest BCUT2D eigenvalue weighted by Crippen LogP contribution is -1.91. The van der Waals surface area contributed by atoms with E-state index in [-0.39, 0.29) is 0 Å². The maximum absolute atomic E-state index is 8.58. The molecule has 1 spiro atoms. The topological polar surface area (TPSA) is 23.8 Å². The number of nitriles is 1. The molecule has 0 aromatic heterocycles. The summed E-state index contributed by atoms with van der Waals surface area (Å²) in [6.45, 7) is 0. The zero-order valence-electron chi connectivity index (χ0n) is 5.56. The zero-order valence-corrected chi connectivity index (χ0v) is 5.56. The molecule has 0 radical (unpaired) electrons. The number of hydrogen-bond donors (Lipinski definition) is 0. The molecule has 2 aliphatic carbocycles. The quantitative estimate of drug-likeness (QED) is 0.481. The lowest BCUT2D eigenvalue weighted by atomic mass is 10.0. The summed E-state index contributed by atoms with van der Waals surface area (Å²) in [6, 6.07) is 2.36. The summed E-state index contributed by atoms with van der Waals surface area (Å²) in [5, 5.41) is 8.58. The van der Waals surface area contributed by atoms with Gasteiger partial charge >= 0.3 is 0 Å². The van der Waals surface area contributed by atoms with Crippen molar-refractivity contribution in [2.24, 2.45) is 11.3 Å². The van der Waals surface area contributed by atoms with Crippen molar-refractivity contribution in [1.82, 2.24) is 0 Å². The second kappa shape index (κ2) is 1.50. The van der Waals surface area contributed by atoms with Gasteiger partial charge in [-0.05, 0) is 37.5 Å². The summed E-state index contributed by atoms with van der Waals surface area (Å²) in [7, 11) is 0. The fourth-order valence-electron chi connectivity index (χ4n) is 1.95. The van der Waals surface area contributed by atoms with E-state index in [2.05, 4.69) is 6.07 Å². The molecule has 0 N–H and O–H groups in total. The molecular formula is C8H11N. The molecule has 0 unspecified atom stereocenters. The van der Waals surface area contributed by atoms with Gasteiger partial charge in [0.25, 0.3) is 0 Å². The highest BCUT2D eigenvalue weighted by molar-refractivity contribution is 5.04. The van der Waals surface area contributed by atoms with Gasteiger partial charge in [0.05, 0.1) is 6.07 Å². The lowest BCUT2D eigenvalue weighted by molar-refractivity contribution is 0.520. The molecule has 1 atom stereocenters. The Morgan fingerprint density at radius 3 is 2.44 bits per heavy atom. The third kappa shape index (κ3) is 0.738. The van der Waals surface area contributed by atoms with Crippen LogP contribution in [0.25, 0.3) is 0 Å². The Kier molecular flexibility index (Phi) is 0.883. The van der Waals surface area contributed by atoms with Gasteiger partial charge in [-0.1, -0.05) is 0 Å². The summed E-state index contributed by atoms with van der Waals surface area (Å²) < 4.78 is 0. The Balaban J connectivity index is 2.02. The Hall–Kier alpha value is -0.510. The molecule has 0 saturated heterocycles. The summed E-state index contributed by atoms with van der Waals surface area (Å²) in [5.41, 5.74) is 0.695. The van der Waals surface area contributed by atoms with Crippen molar-refractivity contribution >= 4 is 0 Å². The SMILES string of the molecule is N#C[C@H]1CCC2(CC2)C1. The first kappa shape index (κ1) is 5.29. The van der Waals surface area contributed by atoms with Crippen LogP contribution in [-0.2, 0) is 0 Å². The van der Waals surface area contributed by atoms with Crippen LogP contribution in [0.2, 0.25) is 0 Å². The van der Waals surface area contributed by atoms with E-state index in [1.807, 2.05) is 0 Å². The maximum atomic E-state index is 8.58. The molecule has 1 nitrogen and oxygen atoms in total. The van der Waals surface area contributed by atoms with Crippen LogP contribution in [0, 0.1) is 22.7 Å². The number of hydrogen-bond acceptors (Lipinski definition) is 1. The highest BCUT2D eigenvalue weighted by Gasteiger charge is 2.47.